The molecule has 1 aliphatic carbocycles. The summed E-state index contributed by atoms with van der Waals surface area (Å²) in [6, 6.07) is 8.84. The van der Waals surface area contributed by atoms with E-state index in [0.29, 0.717) is 6.04 Å². The Morgan fingerprint density at radius 3 is 2.83 bits per heavy atom. The Kier molecular flexibility index (Phi) is 4.25. The van der Waals surface area contributed by atoms with Gasteiger partial charge in [-0.1, -0.05) is 32.3 Å². The molecule has 0 spiro atoms. The second kappa shape index (κ2) is 5.91. The van der Waals surface area contributed by atoms with Crippen molar-refractivity contribution in [2.75, 3.05) is 5.32 Å². The number of aryl methyl sites for hydroxylation is 1. The predicted molar refractivity (Wildman–Crippen MR) is 75.6 cm³/mol. The van der Waals surface area contributed by atoms with Crippen molar-refractivity contribution >= 4 is 5.69 Å². The highest BCUT2D eigenvalue weighted by atomic mass is 14.9. The SMILES string of the molecule is CCC1CCCCC1Nc1cc(C)ccc1C#N. The van der Waals surface area contributed by atoms with Crippen LogP contribution in [0.5, 0.6) is 0 Å². The van der Waals surface area contributed by atoms with Gasteiger partial charge in [-0.3, -0.25) is 0 Å². The first-order chi connectivity index (χ1) is 8.74. The van der Waals surface area contributed by atoms with Crippen LogP contribution in [0.2, 0.25) is 0 Å². The van der Waals surface area contributed by atoms with E-state index in [4.69, 9.17) is 0 Å². The van der Waals surface area contributed by atoms with Gasteiger partial charge >= 0.3 is 0 Å². The summed E-state index contributed by atoms with van der Waals surface area (Å²) in [6.07, 6.45) is 6.45. The van der Waals surface area contributed by atoms with Gasteiger partial charge in [-0.25, -0.2) is 0 Å². The van der Waals surface area contributed by atoms with E-state index in [-0.39, 0.29) is 0 Å². The van der Waals surface area contributed by atoms with Crippen molar-refractivity contribution in [1.82, 2.24) is 0 Å². The maximum atomic E-state index is 9.17. The molecule has 1 aromatic rings. The molecule has 1 aliphatic rings. The number of nitrogens with one attached hydrogen (secondary N) is 1. The normalized spacial score (nSPS) is 23.4. The maximum absolute atomic E-state index is 9.17. The molecule has 2 heteroatoms. The Morgan fingerprint density at radius 2 is 2.11 bits per heavy atom. The van der Waals surface area contributed by atoms with Gasteiger partial charge in [0.15, 0.2) is 0 Å². The van der Waals surface area contributed by atoms with Gasteiger partial charge in [0.1, 0.15) is 6.07 Å². The first kappa shape index (κ1) is 13.0. The molecular weight excluding hydrogens is 220 g/mol. The average Bonchev–Trinajstić information content (AvgIpc) is 2.40. The van der Waals surface area contributed by atoms with Crippen molar-refractivity contribution in [3.63, 3.8) is 0 Å². The molecule has 1 saturated carbocycles. The van der Waals surface area contributed by atoms with Crippen LogP contribution in [-0.2, 0) is 0 Å². The average molecular weight is 242 g/mol. The maximum Gasteiger partial charge on any atom is 0.101 e. The van der Waals surface area contributed by atoms with Crippen molar-refractivity contribution in [3.8, 4) is 6.07 Å². The van der Waals surface area contributed by atoms with Gasteiger partial charge in [0.2, 0.25) is 0 Å². The number of nitriles is 1. The second-order valence-corrected chi connectivity index (χ2v) is 5.36. The van der Waals surface area contributed by atoms with Crippen molar-refractivity contribution in [1.29, 1.82) is 5.26 Å². The molecule has 0 heterocycles. The number of anilines is 1. The number of hydrogen-bond donors (Lipinski definition) is 1. The van der Waals surface area contributed by atoms with Crippen LogP contribution in [-0.4, -0.2) is 6.04 Å². The summed E-state index contributed by atoms with van der Waals surface area (Å²) >= 11 is 0. The molecular formula is C16H22N2. The molecule has 1 N–H and O–H groups in total. The minimum atomic E-state index is 0.539. The van der Waals surface area contributed by atoms with Crippen LogP contribution in [0.3, 0.4) is 0 Å². The zero-order valence-electron chi connectivity index (χ0n) is 11.4. The molecule has 0 aromatic heterocycles. The Bertz CT molecular complexity index is 445. The molecule has 2 nitrogen and oxygen atoms in total. The molecule has 1 aromatic carbocycles. The topological polar surface area (TPSA) is 35.8 Å². The zero-order valence-corrected chi connectivity index (χ0v) is 11.4. The van der Waals surface area contributed by atoms with Crippen molar-refractivity contribution < 1.29 is 0 Å². The number of nitrogens with zero attached hydrogens (tertiary/aromatic N) is 1. The third kappa shape index (κ3) is 2.85. The van der Waals surface area contributed by atoms with Gasteiger partial charge in [0.25, 0.3) is 0 Å². The summed E-state index contributed by atoms with van der Waals surface area (Å²) in [6.45, 7) is 4.34. The predicted octanol–water partition coefficient (Wildman–Crippen LogP) is 4.25. The molecule has 0 bridgehead atoms. The third-order valence-electron chi connectivity index (χ3n) is 4.07. The van der Waals surface area contributed by atoms with Gasteiger partial charge in [0, 0.05) is 6.04 Å². The smallest absolute Gasteiger partial charge is 0.101 e. The highest BCUT2D eigenvalue weighted by Gasteiger charge is 2.23. The van der Waals surface area contributed by atoms with Gasteiger partial charge in [-0.05, 0) is 43.4 Å². The number of hydrogen-bond acceptors (Lipinski definition) is 2. The molecule has 0 aliphatic heterocycles. The van der Waals surface area contributed by atoms with Gasteiger partial charge in [0.05, 0.1) is 11.3 Å². The Labute approximate surface area is 110 Å². The third-order valence-corrected chi connectivity index (χ3v) is 4.07. The van der Waals surface area contributed by atoms with Crippen LogP contribution in [0.4, 0.5) is 5.69 Å². The highest BCUT2D eigenvalue weighted by molar-refractivity contribution is 5.59. The van der Waals surface area contributed by atoms with Crippen LogP contribution in [0, 0.1) is 24.2 Å². The van der Waals surface area contributed by atoms with E-state index in [1.54, 1.807) is 0 Å². The van der Waals surface area contributed by atoms with Gasteiger partial charge < -0.3 is 5.32 Å². The van der Waals surface area contributed by atoms with E-state index >= 15 is 0 Å². The summed E-state index contributed by atoms with van der Waals surface area (Å²) in [7, 11) is 0. The fourth-order valence-electron chi connectivity index (χ4n) is 2.96. The second-order valence-electron chi connectivity index (χ2n) is 5.36. The largest absolute Gasteiger partial charge is 0.381 e. The van der Waals surface area contributed by atoms with Gasteiger partial charge in [-0.2, -0.15) is 5.26 Å². The summed E-state index contributed by atoms with van der Waals surface area (Å²) in [5, 5.41) is 12.8. The van der Waals surface area contributed by atoms with Crippen molar-refractivity contribution in [2.45, 2.75) is 52.0 Å². The summed E-state index contributed by atoms with van der Waals surface area (Å²) in [4.78, 5) is 0. The lowest BCUT2D eigenvalue weighted by Crippen LogP contribution is -2.32. The molecule has 0 saturated heterocycles. The molecule has 2 rings (SSSR count). The molecule has 0 radical (unpaired) electrons. The van der Waals surface area contributed by atoms with Crippen molar-refractivity contribution in [2.24, 2.45) is 5.92 Å². The quantitative estimate of drug-likeness (QED) is 0.860. The zero-order chi connectivity index (χ0) is 13.0. The first-order valence-corrected chi connectivity index (χ1v) is 7.02. The molecule has 96 valence electrons. The molecule has 1 fully saturated rings. The Hall–Kier alpha value is -1.49. The minimum absolute atomic E-state index is 0.539. The van der Waals surface area contributed by atoms with E-state index in [0.717, 1.165) is 17.2 Å². The summed E-state index contributed by atoms with van der Waals surface area (Å²) in [5.74, 6) is 0.755. The molecule has 2 unspecified atom stereocenters. The van der Waals surface area contributed by atoms with Gasteiger partial charge in [-0.15, -0.1) is 0 Å². The first-order valence-electron chi connectivity index (χ1n) is 7.02. The van der Waals surface area contributed by atoms with E-state index in [1.165, 1.54) is 37.7 Å². The van der Waals surface area contributed by atoms with Crippen LogP contribution < -0.4 is 5.32 Å². The van der Waals surface area contributed by atoms with Crippen LogP contribution in [0.15, 0.2) is 18.2 Å². The monoisotopic (exact) mass is 242 g/mol. The lowest BCUT2D eigenvalue weighted by atomic mass is 9.82. The summed E-state index contributed by atoms with van der Waals surface area (Å²) in [5.41, 5.74) is 2.99. The van der Waals surface area contributed by atoms with E-state index < -0.39 is 0 Å². The van der Waals surface area contributed by atoms with Crippen molar-refractivity contribution in [3.05, 3.63) is 29.3 Å². The van der Waals surface area contributed by atoms with Crippen LogP contribution >= 0.6 is 0 Å². The fraction of sp³-hybridized carbons (Fsp3) is 0.562. The fourth-order valence-corrected chi connectivity index (χ4v) is 2.96. The van der Waals surface area contributed by atoms with Crippen LogP contribution in [0.25, 0.3) is 0 Å². The lowest BCUT2D eigenvalue weighted by Gasteiger charge is -2.32. The molecule has 18 heavy (non-hydrogen) atoms. The van der Waals surface area contributed by atoms with Crippen LogP contribution in [0.1, 0.15) is 50.2 Å². The Balaban J connectivity index is 2.17. The lowest BCUT2D eigenvalue weighted by molar-refractivity contribution is 0.317. The highest BCUT2D eigenvalue weighted by Crippen LogP contribution is 2.30. The van der Waals surface area contributed by atoms with E-state index in [2.05, 4.69) is 31.3 Å². The number of rotatable bonds is 3. The molecule has 2 atom stereocenters. The summed E-state index contributed by atoms with van der Waals surface area (Å²) < 4.78 is 0. The number of benzene rings is 1. The van der Waals surface area contributed by atoms with E-state index in [9.17, 15) is 5.26 Å². The van der Waals surface area contributed by atoms with E-state index in [1.807, 2.05) is 12.1 Å². The Morgan fingerprint density at radius 1 is 1.33 bits per heavy atom. The minimum Gasteiger partial charge on any atom is -0.381 e. The standard InChI is InChI=1S/C16H22N2/c1-3-13-6-4-5-7-15(13)18-16-10-12(2)8-9-14(16)11-17/h8-10,13,15,18H,3-7H2,1-2H3. The molecule has 0 amide bonds.